The number of carbonyl (C=O) groups is 1. The number of halogens is 3. The van der Waals surface area contributed by atoms with Crippen LogP contribution in [0, 0.1) is 13.8 Å². The lowest BCUT2D eigenvalue weighted by atomic mass is 10.1. The van der Waals surface area contributed by atoms with Gasteiger partial charge in [-0.15, -0.1) is 0 Å². The van der Waals surface area contributed by atoms with Gasteiger partial charge in [-0.25, -0.2) is 4.79 Å². The number of aryl methyl sites for hydroxylation is 2. The summed E-state index contributed by atoms with van der Waals surface area (Å²) in [5, 5.41) is 0. The van der Waals surface area contributed by atoms with Gasteiger partial charge in [0.15, 0.2) is 13.2 Å². The molecule has 27 heavy (non-hydrogen) atoms. The van der Waals surface area contributed by atoms with E-state index in [1.165, 1.54) is 12.1 Å². The molecule has 1 aromatic carbocycles. The first-order valence-electron chi connectivity index (χ1n) is 8.19. The summed E-state index contributed by atoms with van der Waals surface area (Å²) in [4.78, 5) is 15.9. The Bertz CT molecular complexity index is 776. The molecule has 0 N–H and O–H groups in total. The molecule has 8 heteroatoms. The quantitative estimate of drug-likeness (QED) is 0.667. The first-order valence-corrected chi connectivity index (χ1v) is 8.19. The topological polar surface area (TPSA) is 57.7 Å². The molecule has 0 amide bonds. The molecule has 146 valence electrons. The lowest BCUT2D eigenvalue weighted by molar-refractivity contribution is -0.153. The van der Waals surface area contributed by atoms with Crippen LogP contribution < -0.4 is 9.47 Å². The third-order valence-electron chi connectivity index (χ3n) is 3.56. The Morgan fingerprint density at radius 1 is 1.15 bits per heavy atom. The van der Waals surface area contributed by atoms with E-state index >= 15 is 0 Å². The molecule has 2 aromatic rings. The molecule has 0 aliphatic rings. The fraction of sp³-hybridized carbons (Fsp3) is 0.368. The smallest absolute Gasteiger partial charge is 0.422 e. The number of benzene rings is 1. The second-order valence-electron chi connectivity index (χ2n) is 6.01. The number of ether oxygens (including phenoxy) is 3. The summed E-state index contributed by atoms with van der Waals surface area (Å²) < 4.78 is 51.6. The van der Waals surface area contributed by atoms with Crippen LogP contribution in [-0.4, -0.2) is 30.3 Å². The van der Waals surface area contributed by atoms with Gasteiger partial charge in [0, 0.05) is 0 Å². The summed E-state index contributed by atoms with van der Waals surface area (Å²) in [5.41, 5.74) is 2.38. The Kier molecular flexibility index (Phi) is 6.65. The molecule has 0 bridgehead atoms. The average Bonchev–Trinajstić information content (AvgIpc) is 2.59. The molecule has 0 saturated carbocycles. The van der Waals surface area contributed by atoms with Crippen molar-refractivity contribution >= 4 is 5.97 Å². The van der Waals surface area contributed by atoms with Crippen molar-refractivity contribution in [3.63, 3.8) is 0 Å². The highest BCUT2D eigenvalue weighted by Crippen LogP contribution is 2.21. The van der Waals surface area contributed by atoms with Crippen LogP contribution in [0.3, 0.4) is 0 Å². The van der Waals surface area contributed by atoms with Gasteiger partial charge in [-0.3, -0.25) is 4.98 Å². The molecule has 0 saturated heterocycles. The molecule has 1 atom stereocenters. The number of hydrogen-bond donors (Lipinski definition) is 0. The summed E-state index contributed by atoms with van der Waals surface area (Å²) in [6, 6.07) is 8.38. The first kappa shape index (κ1) is 20.5. The van der Waals surface area contributed by atoms with Crippen LogP contribution in [-0.2, 0) is 9.53 Å². The maximum Gasteiger partial charge on any atom is 0.422 e. The van der Waals surface area contributed by atoms with Crippen molar-refractivity contribution in [2.45, 2.75) is 33.1 Å². The molecule has 0 aliphatic carbocycles. The van der Waals surface area contributed by atoms with Crippen LogP contribution in [0.5, 0.6) is 11.5 Å². The zero-order valence-corrected chi connectivity index (χ0v) is 15.2. The van der Waals surface area contributed by atoms with Crippen LogP contribution in [0.2, 0.25) is 0 Å². The maximum absolute atomic E-state index is 12.1. The Morgan fingerprint density at radius 3 is 2.48 bits per heavy atom. The summed E-state index contributed by atoms with van der Waals surface area (Å²) in [5.74, 6) is -0.0102. The van der Waals surface area contributed by atoms with Gasteiger partial charge in [-0.05, 0) is 44.5 Å². The van der Waals surface area contributed by atoms with Crippen LogP contribution in [0.4, 0.5) is 13.2 Å². The third-order valence-corrected chi connectivity index (χ3v) is 3.56. The van der Waals surface area contributed by atoms with Gasteiger partial charge < -0.3 is 14.2 Å². The zero-order chi connectivity index (χ0) is 20.0. The highest BCUT2D eigenvalue weighted by atomic mass is 19.4. The Balaban J connectivity index is 1.84. The van der Waals surface area contributed by atoms with E-state index in [-0.39, 0.29) is 12.4 Å². The second kappa shape index (κ2) is 8.75. The summed E-state index contributed by atoms with van der Waals surface area (Å²) in [7, 11) is 0. The van der Waals surface area contributed by atoms with E-state index in [0.717, 1.165) is 17.3 Å². The molecule has 1 heterocycles. The van der Waals surface area contributed by atoms with Crippen molar-refractivity contribution in [2.24, 2.45) is 0 Å². The second-order valence-corrected chi connectivity index (χ2v) is 6.01. The Morgan fingerprint density at radius 2 is 1.89 bits per heavy atom. The van der Waals surface area contributed by atoms with E-state index in [1.54, 1.807) is 13.0 Å². The molecule has 2 rings (SSSR count). The average molecular weight is 383 g/mol. The van der Waals surface area contributed by atoms with Crippen molar-refractivity contribution in [3.05, 3.63) is 53.3 Å². The monoisotopic (exact) mass is 383 g/mol. The summed E-state index contributed by atoms with van der Waals surface area (Å²) >= 11 is 0. The van der Waals surface area contributed by atoms with Gasteiger partial charge in [0.05, 0.1) is 11.9 Å². The minimum absolute atomic E-state index is 0.0206. The zero-order valence-electron chi connectivity index (χ0n) is 15.2. The summed E-state index contributed by atoms with van der Waals surface area (Å²) in [6.45, 7) is 3.78. The van der Waals surface area contributed by atoms with Crippen molar-refractivity contribution in [3.8, 4) is 11.5 Å². The maximum atomic E-state index is 12.1. The van der Waals surface area contributed by atoms with Crippen LogP contribution >= 0.6 is 0 Å². The third kappa shape index (κ3) is 6.80. The molecule has 0 radical (unpaired) electrons. The fourth-order valence-corrected chi connectivity index (χ4v) is 2.27. The van der Waals surface area contributed by atoms with Crippen molar-refractivity contribution in [2.75, 3.05) is 13.2 Å². The normalized spacial score (nSPS) is 12.4. The molecule has 0 aliphatic heterocycles. The number of esters is 1. The Labute approximate surface area is 155 Å². The van der Waals surface area contributed by atoms with E-state index in [0.29, 0.717) is 11.4 Å². The van der Waals surface area contributed by atoms with Gasteiger partial charge in [-0.2, -0.15) is 13.2 Å². The number of rotatable bonds is 7. The van der Waals surface area contributed by atoms with Crippen LogP contribution in [0.1, 0.15) is 29.8 Å². The molecule has 0 spiro atoms. The number of aromatic nitrogens is 1. The molecule has 0 fully saturated rings. The van der Waals surface area contributed by atoms with Crippen molar-refractivity contribution in [1.29, 1.82) is 0 Å². The minimum atomic E-state index is -4.42. The SMILES string of the molecule is Cc1ccc(OCC(=O)OC(C)c2ccc(OCC(F)(F)F)cn2)c(C)c1. The van der Waals surface area contributed by atoms with Crippen LogP contribution in [0.15, 0.2) is 36.5 Å². The minimum Gasteiger partial charge on any atom is -0.483 e. The van der Waals surface area contributed by atoms with E-state index in [1.807, 2.05) is 26.0 Å². The molecular weight excluding hydrogens is 363 g/mol. The van der Waals surface area contributed by atoms with Gasteiger partial charge in [0.25, 0.3) is 0 Å². The van der Waals surface area contributed by atoms with Gasteiger partial charge in [0.2, 0.25) is 0 Å². The highest BCUT2D eigenvalue weighted by Gasteiger charge is 2.28. The fourth-order valence-electron chi connectivity index (χ4n) is 2.27. The largest absolute Gasteiger partial charge is 0.483 e. The number of alkyl halides is 3. The predicted molar refractivity (Wildman–Crippen MR) is 91.7 cm³/mol. The van der Waals surface area contributed by atoms with Gasteiger partial charge in [-0.1, -0.05) is 17.7 Å². The number of hydrogen-bond acceptors (Lipinski definition) is 5. The number of nitrogens with zero attached hydrogens (tertiary/aromatic N) is 1. The molecular formula is C19H20F3NO4. The lowest BCUT2D eigenvalue weighted by Crippen LogP contribution is -2.19. The van der Waals surface area contributed by atoms with Crippen molar-refractivity contribution < 1.29 is 32.2 Å². The highest BCUT2D eigenvalue weighted by molar-refractivity contribution is 5.71. The number of pyridine rings is 1. The van der Waals surface area contributed by atoms with E-state index in [9.17, 15) is 18.0 Å². The molecule has 1 unspecified atom stereocenters. The van der Waals surface area contributed by atoms with Crippen LogP contribution in [0.25, 0.3) is 0 Å². The van der Waals surface area contributed by atoms with E-state index in [2.05, 4.69) is 9.72 Å². The standard InChI is InChI=1S/C19H20F3NO4/c1-12-4-7-17(13(2)8-12)25-10-18(24)27-14(3)16-6-5-15(9-23-16)26-11-19(20,21)22/h4-9,14H,10-11H2,1-3H3. The number of carbonyl (C=O) groups excluding carboxylic acids is 1. The van der Waals surface area contributed by atoms with E-state index in [4.69, 9.17) is 9.47 Å². The molecule has 5 nitrogen and oxygen atoms in total. The van der Waals surface area contributed by atoms with E-state index < -0.39 is 24.9 Å². The molecule has 1 aromatic heterocycles. The Hall–Kier alpha value is -2.77. The lowest BCUT2D eigenvalue weighted by Gasteiger charge is -2.15. The van der Waals surface area contributed by atoms with Gasteiger partial charge in [0.1, 0.15) is 17.6 Å². The predicted octanol–water partition coefficient (Wildman–Crippen LogP) is 4.32. The van der Waals surface area contributed by atoms with Crippen molar-refractivity contribution in [1.82, 2.24) is 4.98 Å². The summed E-state index contributed by atoms with van der Waals surface area (Å²) in [6.07, 6.45) is -3.95. The van der Waals surface area contributed by atoms with Gasteiger partial charge >= 0.3 is 12.1 Å². The first-order chi connectivity index (χ1) is 12.6.